The highest BCUT2D eigenvalue weighted by Gasteiger charge is 2.04. The van der Waals surface area contributed by atoms with Gasteiger partial charge in [0.1, 0.15) is 0 Å². The maximum atomic E-state index is 5.86. The third-order valence-electron chi connectivity index (χ3n) is 3.44. The smallest absolute Gasteiger partial charge is 0.213 e. The number of hydrogen-bond acceptors (Lipinski definition) is 3. The maximum Gasteiger partial charge on any atom is 0.213 e. The van der Waals surface area contributed by atoms with Gasteiger partial charge in [0.05, 0.1) is 15.9 Å². The van der Waals surface area contributed by atoms with Gasteiger partial charge in [-0.3, -0.25) is 0 Å². The summed E-state index contributed by atoms with van der Waals surface area (Å²) in [6.07, 6.45) is 2.26. The van der Waals surface area contributed by atoms with Crippen LogP contribution in [0.3, 0.4) is 0 Å². The Labute approximate surface area is 143 Å². The van der Waals surface area contributed by atoms with Crippen LogP contribution >= 0.6 is 22.9 Å². The standard InChI is InChI=1S/C17H17ClN4S/c1-2-3-12-22-15-6-4-5-7-16(15)23-17(22)20-21-19-14-10-8-13(18)9-11-14/h4-11H,2-3,12H2,1H3/b20-17-,21-19?. The van der Waals surface area contributed by atoms with Gasteiger partial charge in [-0.2, -0.15) is 0 Å². The lowest BCUT2D eigenvalue weighted by molar-refractivity contribution is 0.630. The first kappa shape index (κ1) is 15.9. The Hall–Kier alpha value is -1.98. The zero-order chi connectivity index (χ0) is 16.1. The van der Waals surface area contributed by atoms with Gasteiger partial charge in [0.2, 0.25) is 4.80 Å². The normalized spacial score (nSPS) is 12.5. The van der Waals surface area contributed by atoms with Crippen molar-refractivity contribution in [3.63, 3.8) is 0 Å². The van der Waals surface area contributed by atoms with E-state index in [-0.39, 0.29) is 0 Å². The number of aryl methyl sites for hydroxylation is 1. The van der Waals surface area contributed by atoms with Crippen molar-refractivity contribution in [2.45, 2.75) is 26.3 Å². The lowest BCUT2D eigenvalue weighted by Crippen LogP contribution is -2.14. The third-order valence-corrected chi connectivity index (χ3v) is 4.74. The second-order valence-corrected chi connectivity index (χ2v) is 6.57. The van der Waals surface area contributed by atoms with Crippen LogP contribution in [-0.4, -0.2) is 4.57 Å². The maximum absolute atomic E-state index is 5.86. The van der Waals surface area contributed by atoms with Crippen LogP contribution in [0.2, 0.25) is 5.02 Å². The number of para-hydroxylation sites is 1. The predicted octanol–water partition coefficient (Wildman–Crippen LogP) is 5.76. The highest BCUT2D eigenvalue weighted by molar-refractivity contribution is 7.16. The molecule has 0 saturated heterocycles. The molecular weight excluding hydrogens is 328 g/mol. The Bertz CT molecular complexity index is 877. The molecule has 0 unspecified atom stereocenters. The first-order valence-corrected chi connectivity index (χ1v) is 8.76. The Morgan fingerprint density at radius 2 is 1.87 bits per heavy atom. The number of thiazole rings is 1. The van der Waals surface area contributed by atoms with Gasteiger partial charge in [0, 0.05) is 11.6 Å². The molecule has 1 heterocycles. The molecule has 0 atom stereocenters. The van der Waals surface area contributed by atoms with E-state index in [1.165, 1.54) is 10.2 Å². The Kier molecular flexibility index (Phi) is 5.20. The fraction of sp³-hybridized carbons (Fsp3) is 0.235. The summed E-state index contributed by atoms with van der Waals surface area (Å²) in [6, 6.07) is 15.5. The molecule has 3 aromatic rings. The molecule has 0 saturated carbocycles. The van der Waals surface area contributed by atoms with Crippen LogP contribution < -0.4 is 4.80 Å². The molecule has 0 amide bonds. The average Bonchev–Trinajstić information content (AvgIpc) is 2.92. The lowest BCUT2D eigenvalue weighted by Gasteiger charge is -2.02. The predicted molar refractivity (Wildman–Crippen MR) is 96.3 cm³/mol. The Morgan fingerprint density at radius 1 is 1.09 bits per heavy atom. The number of benzene rings is 2. The molecule has 0 aliphatic heterocycles. The molecule has 0 N–H and O–H groups in total. The summed E-state index contributed by atoms with van der Waals surface area (Å²) in [5, 5.41) is 13.1. The van der Waals surface area contributed by atoms with Crippen LogP contribution in [-0.2, 0) is 6.54 Å². The first-order valence-electron chi connectivity index (χ1n) is 7.56. The minimum absolute atomic E-state index is 0.683. The van der Waals surface area contributed by atoms with Crippen LogP contribution in [0.25, 0.3) is 10.2 Å². The second-order valence-electron chi connectivity index (χ2n) is 5.12. The van der Waals surface area contributed by atoms with Gasteiger partial charge in [0.15, 0.2) is 0 Å². The molecule has 0 fully saturated rings. The molecule has 2 aromatic carbocycles. The molecule has 3 rings (SSSR count). The zero-order valence-corrected chi connectivity index (χ0v) is 14.4. The van der Waals surface area contributed by atoms with Gasteiger partial charge in [-0.25, -0.2) is 0 Å². The van der Waals surface area contributed by atoms with E-state index in [9.17, 15) is 0 Å². The molecule has 23 heavy (non-hydrogen) atoms. The van der Waals surface area contributed by atoms with Gasteiger partial charge in [-0.1, -0.05) is 48.4 Å². The van der Waals surface area contributed by atoms with Gasteiger partial charge in [0.25, 0.3) is 0 Å². The van der Waals surface area contributed by atoms with Crippen molar-refractivity contribution in [1.82, 2.24) is 4.57 Å². The molecule has 0 spiro atoms. The van der Waals surface area contributed by atoms with Crippen molar-refractivity contribution in [1.29, 1.82) is 0 Å². The lowest BCUT2D eigenvalue weighted by atomic mass is 10.3. The van der Waals surface area contributed by atoms with Gasteiger partial charge < -0.3 is 4.57 Å². The summed E-state index contributed by atoms with van der Waals surface area (Å²) >= 11 is 7.49. The number of nitrogens with zero attached hydrogens (tertiary/aromatic N) is 4. The summed E-state index contributed by atoms with van der Waals surface area (Å²) in [4.78, 5) is 0.873. The number of halogens is 1. The van der Waals surface area contributed by atoms with E-state index in [4.69, 9.17) is 11.6 Å². The fourth-order valence-electron chi connectivity index (χ4n) is 2.25. The van der Waals surface area contributed by atoms with Gasteiger partial charge >= 0.3 is 0 Å². The Balaban J connectivity index is 1.95. The number of rotatable bonds is 5. The summed E-state index contributed by atoms with van der Waals surface area (Å²) in [7, 11) is 0. The van der Waals surface area contributed by atoms with E-state index in [1.54, 1.807) is 23.5 Å². The summed E-state index contributed by atoms with van der Waals surface area (Å²) in [5.41, 5.74) is 1.94. The number of unbranched alkanes of at least 4 members (excludes halogenated alkanes) is 1. The van der Waals surface area contributed by atoms with Crippen molar-refractivity contribution in [2.75, 3.05) is 0 Å². The van der Waals surface area contributed by atoms with Crippen molar-refractivity contribution in [2.24, 2.45) is 15.4 Å². The minimum atomic E-state index is 0.683. The summed E-state index contributed by atoms with van der Waals surface area (Å²) < 4.78 is 3.42. The third kappa shape index (κ3) is 3.86. The van der Waals surface area contributed by atoms with Crippen LogP contribution in [0.1, 0.15) is 19.8 Å². The highest BCUT2D eigenvalue weighted by atomic mass is 35.5. The van der Waals surface area contributed by atoms with Crippen LogP contribution in [0.15, 0.2) is 64.0 Å². The molecule has 1 aromatic heterocycles. The number of fused-ring (bicyclic) bond motifs is 1. The quantitative estimate of drug-likeness (QED) is 0.417. The molecular formula is C17H17ClN4S. The zero-order valence-electron chi connectivity index (χ0n) is 12.8. The van der Waals surface area contributed by atoms with E-state index in [0.29, 0.717) is 5.02 Å². The molecule has 0 aliphatic rings. The second kappa shape index (κ2) is 7.53. The van der Waals surface area contributed by atoms with E-state index in [1.807, 2.05) is 18.2 Å². The number of aromatic nitrogens is 1. The molecule has 0 radical (unpaired) electrons. The monoisotopic (exact) mass is 344 g/mol. The van der Waals surface area contributed by atoms with E-state index < -0.39 is 0 Å². The van der Waals surface area contributed by atoms with Crippen LogP contribution in [0.4, 0.5) is 5.69 Å². The summed E-state index contributed by atoms with van der Waals surface area (Å²) in [6.45, 7) is 3.13. The van der Waals surface area contributed by atoms with E-state index in [0.717, 1.165) is 29.9 Å². The minimum Gasteiger partial charge on any atom is -0.315 e. The van der Waals surface area contributed by atoms with E-state index in [2.05, 4.69) is 45.1 Å². The highest BCUT2D eigenvalue weighted by Crippen LogP contribution is 2.18. The largest absolute Gasteiger partial charge is 0.315 e. The number of hydrogen-bond donors (Lipinski definition) is 0. The molecule has 118 valence electrons. The van der Waals surface area contributed by atoms with Crippen molar-refractivity contribution < 1.29 is 0 Å². The molecule has 4 nitrogen and oxygen atoms in total. The van der Waals surface area contributed by atoms with Gasteiger partial charge in [-0.05, 0) is 48.0 Å². The summed E-state index contributed by atoms with van der Waals surface area (Å²) in [5.74, 6) is 0. The SMILES string of the molecule is CCCCn1/c(=N/N=Nc2ccc(Cl)cc2)sc2ccccc21. The average molecular weight is 345 g/mol. The van der Waals surface area contributed by atoms with Crippen LogP contribution in [0.5, 0.6) is 0 Å². The van der Waals surface area contributed by atoms with Gasteiger partial charge in [-0.15, -0.1) is 10.2 Å². The molecule has 6 heteroatoms. The topological polar surface area (TPSA) is 42.0 Å². The molecule has 0 aliphatic carbocycles. The van der Waals surface area contributed by atoms with E-state index >= 15 is 0 Å². The molecule has 0 bridgehead atoms. The van der Waals surface area contributed by atoms with Crippen molar-refractivity contribution >= 4 is 38.8 Å². The van der Waals surface area contributed by atoms with Crippen LogP contribution in [0, 0.1) is 0 Å². The Morgan fingerprint density at radius 3 is 2.65 bits per heavy atom. The fourth-order valence-corrected chi connectivity index (χ4v) is 3.38. The van der Waals surface area contributed by atoms with Crippen molar-refractivity contribution in [3.8, 4) is 0 Å². The first-order chi connectivity index (χ1) is 11.3. The van der Waals surface area contributed by atoms with Crippen molar-refractivity contribution in [3.05, 3.63) is 58.4 Å².